The maximum absolute atomic E-state index is 12.1. The average molecular weight is 497 g/mol. The van der Waals surface area contributed by atoms with Crippen LogP contribution in [-0.4, -0.2) is 11.1 Å². The first-order chi connectivity index (χ1) is 16.4. The van der Waals surface area contributed by atoms with Gasteiger partial charge in [0.1, 0.15) is 23.8 Å². The molecule has 0 aliphatic carbocycles. The maximum atomic E-state index is 12.1. The van der Waals surface area contributed by atoms with Crippen LogP contribution in [0.4, 0.5) is 5.69 Å². The molecule has 4 rings (SSSR count). The molecule has 0 unspecified atom stereocenters. The molecule has 0 saturated heterocycles. The Kier molecular flexibility index (Phi) is 7.40. The number of rotatable bonds is 8. The second kappa shape index (κ2) is 10.6. The average Bonchev–Trinajstić information content (AvgIpc) is 3.26. The van der Waals surface area contributed by atoms with E-state index in [4.69, 9.17) is 37.3 Å². The second-order valence-electron chi connectivity index (χ2n) is 7.80. The summed E-state index contributed by atoms with van der Waals surface area (Å²) in [5.74, 6) is 0.941. The fourth-order valence-electron chi connectivity index (χ4n) is 3.35. The summed E-state index contributed by atoms with van der Waals surface area (Å²) in [6, 6.07) is 21.1. The van der Waals surface area contributed by atoms with Gasteiger partial charge in [0.15, 0.2) is 0 Å². The van der Waals surface area contributed by atoms with Gasteiger partial charge in [0.05, 0.1) is 26.9 Å². The van der Waals surface area contributed by atoms with E-state index in [2.05, 4.69) is 10.6 Å². The molecule has 0 radical (unpaired) electrons. The van der Waals surface area contributed by atoms with Crippen molar-refractivity contribution in [1.82, 2.24) is 5.16 Å². The van der Waals surface area contributed by atoms with Crippen LogP contribution in [0.2, 0.25) is 10.0 Å². The van der Waals surface area contributed by atoms with Crippen molar-refractivity contribution >= 4 is 34.9 Å². The van der Waals surface area contributed by atoms with Gasteiger partial charge in [0.25, 0.3) is 0 Å². The molecule has 0 bridgehead atoms. The van der Waals surface area contributed by atoms with Gasteiger partial charge in [-0.1, -0.05) is 66.5 Å². The highest BCUT2D eigenvalue weighted by Crippen LogP contribution is 2.38. The number of hydrogen-bond acceptors (Lipinski definition) is 6. The van der Waals surface area contributed by atoms with Crippen molar-refractivity contribution in [2.75, 3.05) is 5.48 Å². The topological polar surface area (TPSA) is 73.6 Å². The number of nitrogens with zero attached hydrogens (tertiary/aromatic N) is 1. The Morgan fingerprint density at radius 2 is 1.65 bits per heavy atom. The lowest BCUT2D eigenvalue weighted by molar-refractivity contribution is 0.0596. The van der Waals surface area contributed by atoms with E-state index in [0.29, 0.717) is 44.1 Å². The molecule has 174 valence electrons. The van der Waals surface area contributed by atoms with E-state index in [1.54, 1.807) is 66.7 Å². The van der Waals surface area contributed by atoms with Crippen LogP contribution in [0.15, 0.2) is 77.3 Å². The molecule has 4 aromatic rings. The molecule has 0 aliphatic rings. The van der Waals surface area contributed by atoms with Crippen LogP contribution in [-0.2, 0) is 11.4 Å². The van der Waals surface area contributed by atoms with Crippen LogP contribution in [0, 0.1) is 0 Å². The Balaban J connectivity index is 1.45. The molecule has 0 atom stereocenters. The minimum absolute atomic E-state index is 0.0898. The molecule has 8 heteroatoms. The lowest BCUT2D eigenvalue weighted by Gasteiger charge is -2.11. The third-order valence-electron chi connectivity index (χ3n) is 5.05. The van der Waals surface area contributed by atoms with Crippen LogP contribution in [0.5, 0.6) is 5.75 Å². The van der Waals surface area contributed by atoms with Gasteiger partial charge < -0.3 is 14.1 Å². The highest BCUT2D eigenvalue weighted by Gasteiger charge is 2.23. The van der Waals surface area contributed by atoms with Crippen molar-refractivity contribution in [2.45, 2.75) is 26.4 Å². The third kappa shape index (κ3) is 5.35. The van der Waals surface area contributed by atoms with E-state index in [1.807, 2.05) is 19.9 Å². The Bertz CT molecular complexity index is 1250. The van der Waals surface area contributed by atoms with E-state index in [-0.39, 0.29) is 12.5 Å². The monoisotopic (exact) mass is 496 g/mol. The molecule has 0 saturated carbocycles. The van der Waals surface area contributed by atoms with Crippen molar-refractivity contribution in [3.05, 3.63) is 99.7 Å². The predicted molar refractivity (Wildman–Crippen MR) is 132 cm³/mol. The molecule has 1 heterocycles. The van der Waals surface area contributed by atoms with Crippen molar-refractivity contribution < 1.29 is 18.9 Å². The largest absolute Gasteiger partial charge is 0.489 e. The number of carbonyl (C=O) groups is 1. The normalized spacial score (nSPS) is 10.9. The number of anilines is 1. The predicted octanol–water partition coefficient (Wildman–Crippen LogP) is 7.53. The van der Waals surface area contributed by atoms with Gasteiger partial charge >= 0.3 is 5.97 Å². The van der Waals surface area contributed by atoms with Gasteiger partial charge in [-0.25, -0.2) is 10.3 Å². The number of carbonyl (C=O) groups excluding carboxylic acids is 1. The van der Waals surface area contributed by atoms with Gasteiger partial charge in [-0.3, -0.25) is 0 Å². The number of hydrogen-bond donors (Lipinski definition) is 1. The maximum Gasteiger partial charge on any atom is 0.362 e. The first-order valence-electron chi connectivity index (χ1n) is 10.6. The summed E-state index contributed by atoms with van der Waals surface area (Å²) in [6.45, 7) is 4.24. The highest BCUT2D eigenvalue weighted by molar-refractivity contribution is 6.39. The smallest absolute Gasteiger partial charge is 0.362 e. The molecular weight excluding hydrogens is 475 g/mol. The Hall–Kier alpha value is -3.48. The van der Waals surface area contributed by atoms with Crippen molar-refractivity contribution in [2.24, 2.45) is 0 Å². The van der Waals surface area contributed by atoms with Crippen molar-refractivity contribution in [3.63, 3.8) is 0 Å². The number of halogens is 2. The van der Waals surface area contributed by atoms with Gasteiger partial charge in [0.2, 0.25) is 0 Å². The minimum Gasteiger partial charge on any atom is -0.489 e. The summed E-state index contributed by atoms with van der Waals surface area (Å²) in [5.41, 5.74) is 5.66. The molecule has 1 N–H and O–H groups in total. The van der Waals surface area contributed by atoms with Crippen LogP contribution >= 0.6 is 23.2 Å². The fraction of sp³-hybridized carbons (Fsp3) is 0.154. The summed E-state index contributed by atoms with van der Waals surface area (Å²) in [7, 11) is 0. The van der Waals surface area contributed by atoms with Crippen LogP contribution in [0.1, 0.15) is 41.4 Å². The summed E-state index contributed by atoms with van der Waals surface area (Å²) in [5, 5.41) is 5.21. The van der Waals surface area contributed by atoms with Crippen molar-refractivity contribution in [1.29, 1.82) is 0 Å². The Morgan fingerprint density at radius 3 is 2.29 bits per heavy atom. The number of ether oxygens (including phenoxy) is 1. The lowest BCUT2D eigenvalue weighted by atomic mass is 10.0. The van der Waals surface area contributed by atoms with Crippen LogP contribution in [0.25, 0.3) is 11.3 Å². The molecule has 34 heavy (non-hydrogen) atoms. The van der Waals surface area contributed by atoms with Gasteiger partial charge in [0, 0.05) is 11.5 Å². The summed E-state index contributed by atoms with van der Waals surface area (Å²) >= 11 is 12.8. The Labute approximate surface area is 207 Å². The molecule has 0 spiro atoms. The zero-order valence-electron chi connectivity index (χ0n) is 18.5. The van der Waals surface area contributed by atoms with E-state index >= 15 is 0 Å². The molecule has 0 amide bonds. The second-order valence-corrected chi connectivity index (χ2v) is 8.61. The molecule has 6 nitrogen and oxygen atoms in total. The summed E-state index contributed by atoms with van der Waals surface area (Å²) < 4.78 is 11.6. The minimum atomic E-state index is -0.472. The quantitative estimate of drug-likeness (QED) is 0.254. The molecule has 0 aliphatic heterocycles. The highest BCUT2D eigenvalue weighted by atomic mass is 35.5. The SMILES string of the molecule is CC(C)c1onc(-c2c(Cl)cccc2Cl)c1COc1ccc(NOC(=O)c2ccccc2)cc1. The van der Waals surface area contributed by atoms with Crippen LogP contribution in [0.3, 0.4) is 0 Å². The lowest BCUT2D eigenvalue weighted by Crippen LogP contribution is -2.10. The zero-order chi connectivity index (χ0) is 24.1. The molecule has 3 aromatic carbocycles. The number of nitrogens with one attached hydrogen (secondary N) is 1. The third-order valence-corrected chi connectivity index (χ3v) is 5.68. The van der Waals surface area contributed by atoms with E-state index < -0.39 is 5.97 Å². The molecule has 0 fully saturated rings. The first-order valence-corrected chi connectivity index (χ1v) is 11.4. The standard InChI is InChI=1S/C26H22Cl2N2O4/c1-16(2)25-20(24(30-33-25)23-21(27)9-6-10-22(23)28)15-32-19-13-11-18(12-14-19)29-34-26(31)17-7-4-3-5-8-17/h3-14,16,29H,15H2,1-2H3. The first kappa shape index (κ1) is 23.7. The summed E-state index contributed by atoms with van der Waals surface area (Å²) in [4.78, 5) is 17.2. The fourth-order valence-corrected chi connectivity index (χ4v) is 3.93. The van der Waals surface area contributed by atoms with Gasteiger partial charge in [-0.2, -0.15) is 0 Å². The number of aromatic nitrogens is 1. The van der Waals surface area contributed by atoms with Gasteiger partial charge in [-0.05, 0) is 48.5 Å². The van der Waals surface area contributed by atoms with E-state index in [9.17, 15) is 4.79 Å². The van der Waals surface area contributed by atoms with Gasteiger partial charge in [-0.15, -0.1) is 0 Å². The zero-order valence-corrected chi connectivity index (χ0v) is 20.1. The number of benzene rings is 3. The Morgan fingerprint density at radius 1 is 0.971 bits per heavy atom. The van der Waals surface area contributed by atoms with E-state index in [0.717, 1.165) is 5.56 Å². The van der Waals surface area contributed by atoms with Crippen LogP contribution < -0.4 is 10.2 Å². The molecular formula is C26H22Cl2N2O4. The molecule has 1 aromatic heterocycles. The van der Waals surface area contributed by atoms with Crippen molar-refractivity contribution in [3.8, 4) is 17.0 Å². The summed E-state index contributed by atoms with van der Waals surface area (Å²) in [6.07, 6.45) is 0. The van der Waals surface area contributed by atoms with E-state index in [1.165, 1.54) is 0 Å².